The molecule has 0 aliphatic heterocycles. The molecule has 0 unspecified atom stereocenters. The second-order valence-electron chi connectivity index (χ2n) is 5.75. The van der Waals surface area contributed by atoms with Crippen LogP contribution in [0.4, 0.5) is 0 Å². The number of thiazole rings is 1. The molecule has 6 nitrogen and oxygen atoms in total. The molecule has 0 spiro atoms. The molecule has 1 aromatic carbocycles. The highest BCUT2D eigenvalue weighted by molar-refractivity contribution is 7.13. The van der Waals surface area contributed by atoms with Crippen molar-refractivity contribution in [2.75, 3.05) is 0 Å². The number of carbonyl (C=O) groups excluding carboxylic acids is 1. The molecule has 2 heterocycles. The van der Waals surface area contributed by atoms with Crippen LogP contribution in [-0.4, -0.2) is 21.1 Å². The van der Waals surface area contributed by atoms with Crippen LogP contribution < -0.4 is 0 Å². The van der Waals surface area contributed by atoms with Crippen molar-refractivity contribution in [3.05, 3.63) is 52.6 Å². The van der Waals surface area contributed by atoms with Gasteiger partial charge in [-0.1, -0.05) is 41.9 Å². The van der Waals surface area contributed by atoms with Gasteiger partial charge in [0.05, 0.1) is 0 Å². The van der Waals surface area contributed by atoms with Gasteiger partial charge in [0.15, 0.2) is 17.6 Å². The topological polar surface area (TPSA) is 78.1 Å². The van der Waals surface area contributed by atoms with Gasteiger partial charge >= 0.3 is 5.97 Å². The lowest BCUT2D eigenvalue weighted by molar-refractivity contribution is 0.0259. The van der Waals surface area contributed by atoms with Crippen molar-refractivity contribution >= 4 is 17.3 Å². The lowest BCUT2D eigenvalue weighted by Crippen LogP contribution is -2.10. The molecular weight excluding hydrogens is 338 g/mol. The quantitative estimate of drug-likeness (QED) is 0.610. The van der Waals surface area contributed by atoms with Gasteiger partial charge in [-0.15, -0.1) is 11.3 Å². The Bertz CT molecular complexity index is 855. The third-order valence-corrected chi connectivity index (χ3v) is 4.49. The number of nitrogens with zero attached hydrogens (tertiary/aromatic N) is 3. The van der Waals surface area contributed by atoms with Gasteiger partial charge in [0.25, 0.3) is 5.89 Å². The SMILES string of the molecule is CCCc1noc([C@@H](C)OC(=O)c2csc(-c3ccc(C)cc3)n2)n1. The minimum atomic E-state index is -0.616. The number of hydrogen-bond acceptors (Lipinski definition) is 7. The number of benzene rings is 1. The van der Waals surface area contributed by atoms with E-state index in [-0.39, 0.29) is 5.69 Å². The summed E-state index contributed by atoms with van der Waals surface area (Å²) in [7, 11) is 0. The maximum atomic E-state index is 12.3. The Kier molecular flexibility index (Phi) is 5.23. The van der Waals surface area contributed by atoms with Crippen LogP contribution in [0.1, 0.15) is 54.1 Å². The Morgan fingerprint density at radius 3 is 2.76 bits per heavy atom. The predicted octanol–water partition coefficient (Wildman–Crippen LogP) is 4.37. The van der Waals surface area contributed by atoms with E-state index < -0.39 is 12.1 Å². The average Bonchev–Trinajstić information content (AvgIpc) is 3.25. The summed E-state index contributed by atoms with van der Waals surface area (Å²) in [4.78, 5) is 20.9. The molecule has 130 valence electrons. The van der Waals surface area contributed by atoms with E-state index in [9.17, 15) is 4.79 Å². The molecule has 25 heavy (non-hydrogen) atoms. The Morgan fingerprint density at radius 2 is 2.04 bits per heavy atom. The molecule has 0 radical (unpaired) electrons. The predicted molar refractivity (Wildman–Crippen MR) is 94.4 cm³/mol. The van der Waals surface area contributed by atoms with E-state index in [1.807, 2.05) is 38.1 Å². The number of hydrogen-bond donors (Lipinski definition) is 0. The first-order chi connectivity index (χ1) is 12.1. The van der Waals surface area contributed by atoms with Crippen LogP contribution in [0.25, 0.3) is 10.6 Å². The van der Waals surface area contributed by atoms with Gasteiger partial charge in [-0.05, 0) is 20.3 Å². The molecule has 0 amide bonds. The molecule has 0 aliphatic rings. The van der Waals surface area contributed by atoms with Crippen LogP contribution >= 0.6 is 11.3 Å². The van der Waals surface area contributed by atoms with Crippen LogP contribution in [0.2, 0.25) is 0 Å². The number of esters is 1. The molecule has 2 aromatic heterocycles. The summed E-state index contributed by atoms with van der Waals surface area (Å²) in [6, 6.07) is 8.00. The van der Waals surface area contributed by atoms with E-state index >= 15 is 0 Å². The van der Waals surface area contributed by atoms with Crippen LogP contribution in [-0.2, 0) is 11.2 Å². The molecule has 0 bridgehead atoms. The van der Waals surface area contributed by atoms with Gasteiger partial charge < -0.3 is 9.26 Å². The summed E-state index contributed by atoms with van der Waals surface area (Å²) >= 11 is 1.41. The van der Waals surface area contributed by atoms with Gasteiger partial charge in [0.1, 0.15) is 5.01 Å². The first-order valence-corrected chi connectivity index (χ1v) is 9.00. The minimum Gasteiger partial charge on any atom is -0.448 e. The molecule has 3 aromatic rings. The molecule has 0 saturated heterocycles. The zero-order valence-electron chi connectivity index (χ0n) is 14.4. The Balaban J connectivity index is 1.67. The number of aromatic nitrogens is 3. The van der Waals surface area contributed by atoms with Crippen molar-refractivity contribution in [3.63, 3.8) is 0 Å². The van der Waals surface area contributed by atoms with E-state index in [2.05, 4.69) is 15.1 Å². The number of carbonyl (C=O) groups is 1. The largest absolute Gasteiger partial charge is 0.448 e. The molecule has 0 fully saturated rings. The maximum absolute atomic E-state index is 12.3. The molecule has 3 rings (SSSR count). The second kappa shape index (κ2) is 7.57. The highest BCUT2D eigenvalue weighted by atomic mass is 32.1. The van der Waals surface area contributed by atoms with Gasteiger partial charge in [-0.3, -0.25) is 0 Å². The summed E-state index contributed by atoms with van der Waals surface area (Å²) in [5.41, 5.74) is 2.43. The third-order valence-electron chi connectivity index (χ3n) is 3.60. The first-order valence-electron chi connectivity index (χ1n) is 8.13. The third kappa shape index (κ3) is 4.11. The molecule has 7 heteroatoms. The summed E-state index contributed by atoms with van der Waals surface area (Å²) in [6.07, 6.45) is 1.04. The maximum Gasteiger partial charge on any atom is 0.358 e. The Labute approximate surface area is 149 Å². The second-order valence-corrected chi connectivity index (χ2v) is 6.61. The van der Waals surface area contributed by atoms with E-state index in [1.54, 1.807) is 12.3 Å². The summed E-state index contributed by atoms with van der Waals surface area (Å²) in [5.74, 6) is 0.416. The fraction of sp³-hybridized carbons (Fsp3) is 0.333. The van der Waals surface area contributed by atoms with Crippen molar-refractivity contribution in [3.8, 4) is 10.6 Å². The highest BCUT2D eigenvalue weighted by Gasteiger charge is 2.21. The van der Waals surface area contributed by atoms with Crippen molar-refractivity contribution in [1.29, 1.82) is 0 Å². The van der Waals surface area contributed by atoms with Gasteiger partial charge in [-0.2, -0.15) is 4.98 Å². The summed E-state index contributed by atoms with van der Waals surface area (Å²) in [6.45, 7) is 5.76. The molecular formula is C18H19N3O3S. The average molecular weight is 357 g/mol. The minimum absolute atomic E-state index is 0.278. The lowest BCUT2D eigenvalue weighted by Gasteiger charge is -2.07. The van der Waals surface area contributed by atoms with Gasteiger partial charge in [0.2, 0.25) is 0 Å². The molecule has 0 aliphatic carbocycles. The first kappa shape index (κ1) is 17.3. The standard InChI is InChI=1S/C18H19N3O3S/c1-4-5-15-20-16(24-21-15)12(3)23-18(22)14-10-25-17(19-14)13-8-6-11(2)7-9-13/h6-10,12H,4-5H2,1-3H3/t12-/m1/s1. The number of aryl methyl sites for hydroxylation is 2. The Hall–Kier alpha value is -2.54. The van der Waals surface area contributed by atoms with E-state index in [1.165, 1.54) is 16.9 Å². The molecule has 1 atom stereocenters. The van der Waals surface area contributed by atoms with Gasteiger partial charge in [0, 0.05) is 17.4 Å². The van der Waals surface area contributed by atoms with E-state index in [4.69, 9.17) is 9.26 Å². The summed E-state index contributed by atoms with van der Waals surface area (Å²) in [5, 5.41) is 6.34. The number of ether oxygens (including phenoxy) is 1. The van der Waals surface area contributed by atoms with Gasteiger partial charge in [-0.25, -0.2) is 9.78 Å². The van der Waals surface area contributed by atoms with Crippen LogP contribution in [0, 0.1) is 6.92 Å². The van der Waals surface area contributed by atoms with E-state index in [0.29, 0.717) is 11.7 Å². The Morgan fingerprint density at radius 1 is 1.28 bits per heavy atom. The van der Waals surface area contributed by atoms with Crippen LogP contribution in [0.3, 0.4) is 0 Å². The van der Waals surface area contributed by atoms with Crippen molar-refractivity contribution in [1.82, 2.24) is 15.1 Å². The fourth-order valence-electron chi connectivity index (χ4n) is 2.23. The van der Waals surface area contributed by atoms with Crippen molar-refractivity contribution in [2.24, 2.45) is 0 Å². The van der Waals surface area contributed by atoms with Crippen molar-refractivity contribution < 1.29 is 14.1 Å². The highest BCUT2D eigenvalue weighted by Crippen LogP contribution is 2.25. The monoisotopic (exact) mass is 357 g/mol. The number of rotatable bonds is 6. The molecule has 0 N–H and O–H groups in total. The zero-order chi connectivity index (χ0) is 17.8. The fourth-order valence-corrected chi connectivity index (χ4v) is 3.02. The zero-order valence-corrected chi connectivity index (χ0v) is 15.2. The lowest BCUT2D eigenvalue weighted by atomic mass is 10.2. The van der Waals surface area contributed by atoms with Crippen LogP contribution in [0.5, 0.6) is 0 Å². The normalized spacial score (nSPS) is 12.1. The molecule has 0 saturated carbocycles. The van der Waals surface area contributed by atoms with Crippen LogP contribution in [0.15, 0.2) is 34.2 Å². The van der Waals surface area contributed by atoms with E-state index in [0.717, 1.165) is 23.4 Å². The summed E-state index contributed by atoms with van der Waals surface area (Å²) < 4.78 is 10.5. The van der Waals surface area contributed by atoms with Crippen molar-refractivity contribution in [2.45, 2.75) is 39.7 Å². The smallest absolute Gasteiger partial charge is 0.358 e.